The lowest BCUT2D eigenvalue weighted by molar-refractivity contribution is -0.386. The van der Waals surface area contributed by atoms with Crippen molar-refractivity contribution in [3.05, 3.63) is 33.4 Å². The summed E-state index contributed by atoms with van der Waals surface area (Å²) < 4.78 is 37.6. The van der Waals surface area contributed by atoms with E-state index in [-0.39, 0.29) is 11.0 Å². The average Bonchev–Trinajstić information content (AvgIpc) is 2.15. The Kier molecular flexibility index (Phi) is 3.61. The van der Waals surface area contributed by atoms with Gasteiger partial charge in [0.2, 0.25) is 5.95 Å². The van der Waals surface area contributed by atoms with Gasteiger partial charge in [0, 0.05) is 11.4 Å². The van der Waals surface area contributed by atoms with Crippen molar-refractivity contribution >= 4 is 21.6 Å². The van der Waals surface area contributed by atoms with Crippen LogP contribution in [0.3, 0.4) is 0 Å². The first-order valence-corrected chi connectivity index (χ1v) is 4.77. The Morgan fingerprint density at radius 1 is 1.60 bits per heavy atom. The van der Waals surface area contributed by atoms with Gasteiger partial charge < -0.3 is 0 Å². The fourth-order valence-corrected chi connectivity index (χ4v) is 1.27. The van der Waals surface area contributed by atoms with Gasteiger partial charge in [-0.1, -0.05) is 15.9 Å². The summed E-state index contributed by atoms with van der Waals surface area (Å²) in [5.41, 5.74) is -2.24. The standard InChI is InChI=1S/C7H4BrF3N2O2/c8-2-3-1-4(13(14)15)5(6(9)10)7(11)12-3/h1,6H,2H2. The predicted octanol–water partition coefficient (Wildman–Crippen LogP) is 2.96. The SMILES string of the molecule is O=[N+]([O-])c1cc(CBr)nc(F)c1C(F)F. The van der Waals surface area contributed by atoms with Crippen LogP contribution in [0, 0.1) is 16.1 Å². The average molecular weight is 285 g/mol. The van der Waals surface area contributed by atoms with E-state index in [0.29, 0.717) is 0 Å². The zero-order valence-corrected chi connectivity index (χ0v) is 8.67. The number of hydrogen-bond acceptors (Lipinski definition) is 3. The van der Waals surface area contributed by atoms with Gasteiger partial charge >= 0.3 is 0 Å². The Balaban J connectivity index is 3.42. The maximum absolute atomic E-state index is 13.0. The molecule has 1 aromatic heterocycles. The molecule has 0 spiro atoms. The quantitative estimate of drug-likeness (QED) is 0.371. The second-order valence-electron chi connectivity index (χ2n) is 2.53. The van der Waals surface area contributed by atoms with E-state index in [2.05, 4.69) is 20.9 Å². The number of halogens is 4. The van der Waals surface area contributed by atoms with E-state index in [4.69, 9.17) is 0 Å². The Hall–Kier alpha value is -1.18. The molecule has 0 radical (unpaired) electrons. The van der Waals surface area contributed by atoms with E-state index in [1.165, 1.54) is 0 Å². The van der Waals surface area contributed by atoms with Crippen LogP contribution in [0.4, 0.5) is 18.9 Å². The summed E-state index contributed by atoms with van der Waals surface area (Å²) >= 11 is 2.90. The van der Waals surface area contributed by atoms with E-state index in [9.17, 15) is 23.3 Å². The topological polar surface area (TPSA) is 56.0 Å². The van der Waals surface area contributed by atoms with Crippen molar-refractivity contribution in [2.75, 3.05) is 0 Å². The van der Waals surface area contributed by atoms with Crippen LogP contribution in [0.5, 0.6) is 0 Å². The zero-order chi connectivity index (χ0) is 11.6. The van der Waals surface area contributed by atoms with Crippen molar-refractivity contribution in [3.63, 3.8) is 0 Å². The fourth-order valence-electron chi connectivity index (χ4n) is 0.981. The van der Waals surface area contributed by atoms with Gasteiger partial charge in [-0.05, 0) is 0 Å². The third kappa shape index (κ3) is 2.44. The van der Waals surface area contributed by atoms with E-state index in [1.54, 1.807) is 0 Å². The molecule has 0 atom stereocenters. The van der Waals surface area contributed by atoms with Crippen molar-refractivity contribution in [3.8, 4) is 0 Å². The highest BCUT2D eigenvalue weighted by atomic mass is 79.9. The van der Waals surface area contributed by atoms with Crippen molar-refractivity contribution in [1.82, 2.24) is 4.98 Å². The van der Waals surface area contributed by atoms with Gasteiger partial charge in [0.1, 0.15) is 0 Å². The molecule has 0 fully saturated rings. The summed E-state index contributed by atoms with van der Waals surface area (Å²) in [5, 5.41) is 10.5. The molecule has 0 aromatic carbocycles. The lowest BCUT2D eigenvalue weighted by atomic mass is 10.2. The Bertz CT molecular complexity index is 400. The van der Waals surface area contributed by atoms with Gasteiger partial charge in [-0.15, -0.1) is 0 Å². The molecule has 1 heterocycles. The number of pyridine rings is 1. The molecule has 0 amide bonds. The van der Waals surface area contributed by atoms with Crippen molar-refractivity contribution < 1.29 is 18.1 Å². The highest BCUT2D eigenvalue weighted by Crippen LogP contribution is 2.31. The molecule has 4 nitrogen and oxygen atoms in total. The minimum atomic E-state index is -3.26. The smallest absolute Gasteiger partial charge is 0.258 e. The molecule has 82 valence electrons. The van der Waals surface area contributed by atoms with Crippen LogP contribution in [-0.2, 0) is 5.33 Å². The second kappa shape index (κ2) is 4.56. The molecular formula is C7H4BrF3N2O2. The number of rotatable bonds is 3. The van der Waals surface area contributed by atoms with Crippen molar-refractivity contribution in [2.45, 2.75) is 11.8 Å². The Labute approximate surface area is 90.4 Å². The molecule has 0 saturated carbocycles. The second-order valence-corrected chi connectivity index (χ2v) is 3.09. The summed E-state index contributed by atoms with van der Waals surface area (Å²) in [6.45, 7) is 0. The number of hydrogen-bond donors (Lipinski definition) is 0. The molecule has 1 aromatic rings. The van der Waals surface area contributed by atoms with E-state index in [1.807, 2.05) is 0 Å². The van der Waals surface area contributed by atoms with Crippen LogP contribution in [0.2, 0.25) is 0 Å². The van der Waals surface area contributed by atoms with Crippen molar-refractivity contribution in [2.24, 2.45) is 0 Å². The van der Waals surface area contributed by atoms with Crippen LogP contribution < -0.4 is 0 Å². The minimum Gasteiger partial charge on any atom is -0.258 e. The predicted molar refractivity (Wildman–Crippen MR) is 48.4 cm³/mol. The first kappa shape index (κ1) is 11.9. The summed E-state index contributed by atoms with van der Waals surface area (Å²) in [6.07, 6.45) is -3.26. The molecule has 0 aliphatic heterocycles. The molecule has 0 bridgehead atoms. The van der Waals surface area contributed by atoms with Gasteiger partial charge in [0.25, 0.3) is 12.1 Å². The first-order chi connectivity index (χ1) is 6.97. The summed E-state index contributed by atoms with van der Waals surface area (Å²) in [6, 6.07) is 0.819. The van der Waals surface area contributed by atoms with Crippen molar-refractivity contribution in [1.29, 1.82) is 0 Å². The van der Waals surface area contributed by atoms with E-state index < -0.39 is 28.5 Å². The van der Waals surface area contributed by atoms with Crippen LogP contribution in [0.1, 0.15) is 17.7 Å². The van der Waals surface area contributed by atoms with Gasteiger partial charge in [0.05, 0.1) is 10.6 Å². The fraction of sp³-hybridized carbons (Fsp3) is 0.286. The van der Waals surface area contributed by atoms with Crippen LogP contribution >= 0.6 is 15.9 Å². The zero-order valence-electron chi connectivity index (χ0n) is 7.08. The third-order valence-corrected chi connectivity index (χ3v) is 2.17. The third-order valence-electron chi connectivity index (χ3n) is 1.60. The highest BCUT2D eigenvalue weighted by molar-refractivity contribution is 9.08. The minimum absolute atomic E-state index is 0.0106. The summed E-state index contributed by atoms with van der Waals surface area (Å²) in [7, 11) is 0. The number of nitro groups is 1. The summed E-state index contributed by atoms with van der Waals surface area (Å²) in [4.78, 5) is 12.5. The van der Waals surface area contributed by atoms with Gasteiger partial charge in [-0.2, -0.15) is 4.39 Å². The molecule has 0 aliphatic rings. The maximum Gasteiger partial charge on any atom is 0.284 e. The molecular weight excluding hydrogens is 281 g/mol. The lowest BCUT2D eigenvalue weighted by Crippen LogP contribution is -2.04. The van der Waals surface area contributed by atoms with Crippen LogP contribution in [0.25, 0.3) is 0 Å². The monoisotopic (exact) mass is 284 g/mol. The first-order valence-electron chi connectivity index (χ1n) is 3.65. The Morgan fingerprint density at radius 3 is 2.60 bits per heavy atom. The molecule has 0 saturated heterocycles. The highest BCUT2D eigenvalue weighted by Gasteiger charge is 2.28. The van der Waals surface area contributed by atoms with Gasteiger partial charge in [-0.25, -0.2) is 13.8 Å². The molecule has 0 aliphatic carbocycles. The van der Waals surface area contributed by atoms with Crippen LogP contribution in [0.15, 0.2) is 6.07 Å². The van der Waals surface area contributed by atoms with Gasteiger partial charge in [0.15, 0.2) is 5.56 Å². The normalized spacial score (nSPS) is 10.7. The Morgan fingerprint density at radius 2 is 2.20 bits per heavy atom. The molecule has 8 heteroatoms. The summed E-state index contributed by atoms with van der Waals surface area (Å²) in [5.74, 6) is -1.51. The number of nitrogens with zero attached hydrogens (tertiary/aromatic N) is 2. The van der Waals surface area contributed by atoms with Crippen LogP contribution in [-0.4, -0.2) is 9.91 Å². The molecule has 0 N–H and O–H groups in total. The van der Waals surface area contributed by atoms with E-state index in [0.717, 1.165) is 6.07 Å². The number of aromatic nitrogens is 1. The maximum atomic E-state index is 13.0. The largest absolute Gasteiger partial charge is 0.284 e. The van der Waals surface area contributed by atoms with Gasteiger partial charge in [-0.3, -0.25) is 10.1 Å². The number of alkyl halides is 3. The molecule has 0 unspecified atom stereocenters. The lowest BCUT2D eigenvalue weighted by Gasteiger charge is -2.04. The van der Waals surface area contributed by atoms with E-state index >= 15 is 0 Å². The molecule has 15 heavy (non-hydrogen) atoms. The molecule has 1 rings (SSSR count).